The van der Waals surface area contributed by atoms with Gasteiger partial charge in [-0.1, -0.05) is 37.9 Å². The summed E-state index contributed by atoms with van der Waals surface area (Å²) in [6.07, 6.45) is 0.213. The first-order valence-electron chi connectivity index (χ1n) is 9.31. The molecule has 0 saturated heterocycles. The molecule has 1 N–H and O–H groups in total. The molecule has 0 heterocycles. The van der Waals surface area contributed by atoms with Crippen molar-refractivity contribution in [2.75, 3.05) is 35.2 Å². The summed E-state index contributed by atoms with van der Waals surface area (Å²) in [5.74, 6) is 0.246. The highest BCUT2D eigenvalue weighted by molar-refractivity contribution is 9.09. The lowest BCUT2D eigenvalue weighted by Crippen LogP contribution is -2.33. The maximum Gasteiger partial charge on any atom is 0.407 e. The van der Waals surface area contributed by atoms with E-state index in [-0.39, 0.29) is 12.4 Å². The number of alkyl halides is 2. The Labute approximate surface area is 184 Å². The summed E-state index contributed by atoms with van der Waals surface area (Å²) in [6, 6.07) is 5.89. The van der Waals surface area contributed by atoms with Crippen molar-refractivity contribution in [3.63, 3.8) is 0 Å². The van der Waals surface area contributed by atoms with E-state index >= 15 is 0 Å². The van der Waals surface area contributed by atoms with Crippen molar-refractivity contribution in [1.82, 2.24) is 5.32 Å². The molecule has 0 spiro atoms. The van der Waals surface area contributed by atoms with Crippen molar-refractivity contribution < 1.29 is 19.1 Å². The van der Waals surface area contributed by atoms with E-state index in [0.717, 1.165) is 35.0 Å². The maximum atomic E-state index is 12.2. The summed E-state index contributed by atoms with van der Waals surface area (Å²) in [4.78, 5) is 26.0. The van der Waals surface area contributed by atoms with Gasteiger partial charge in [-0.05, 0) is 45.7 Å². The van der Waals surface area contributed by atoms with Gasteiger partial charge < -0.3 is 19.7 Å². The van der Waals surface area contributed by atoms with Crippen LogP contribution in [0.2, 0.25) is 0 Å². The number of esters is 1. The smallest absolute Gasteiger partial charge is 0.407 e. The van der Waals surface area contributed by atoms with E-state index in [0.29, 0.717) is 18.7 Å². The number of nitrogens with one attached hydrogen (secondary N) is 1. The van der Waals surface area contributed by atoms with E-state index in [1.807, 2.05) is 25.1 Å². The van der Waals surface area contributed by atoms with Crippen LogP contribution in [-0.2, 0) is 9.53 Å². The molecule has 1 aromatic carbocycles. The zero-order chi connectivity index (χ0) is 21.2. The molecule has 0 fully saturated rings. The molecular weight excluding hydrogens is 492 g/mol. The van der Waals surface area contributed by atoms with Crippen molar-refractivity contribution in [2.24, 2.45) is 0 Å². The number of hydrogen-bond acceptors (Lipinski definition) is 5. The lowest BCUT2D eigenvalue weighted by molar-refractivity contribution is -0.134. The third kappa shape index (κ3) is 9.78. The molecule has 0 aliphatic carbocycles. The Morgan fingerprint density at radius 2 is 1.79 bits per heavy atom. The number of aryl methyl sites for hydroxylation is 1. The van der Waals surface area contributed by atoms with Crippen molar-refractivity contribution in [1.29, 1.82) is 0 Å². The number of carbonyl (C=O) groups excluding carboxylic acids is 2. The third-order valence-electron chi connectivity index (χ3n) is 3.70. The zero-order valence-electron chi connectivity index (χ0n) is 17.0. The van der Waals surface area contributed by atoms with Crippen LogP contribution >= 0.6 is 31.9 Å². The van der Waals surface area contributed by atoms with Gasteiger partial charge in [0.1, 0.15) is 11.4 Å². The number of alkyl carbamates (subject to hydrolysis) is 1. The van der Waals surface area contributed by atoms with E-state index in [9.17, 15) is 9.59 Å². The molecule has 0 radical (unpaired) electrons. The van der Waals surface area contributed by atoms with Gasteiger partial charge in [-0.25, -0.2) is 4.79 Å². The standard InChI is InChI=1S/C20H30Br2N2O4/c1-15-7-8-16(24(12-9-21)13-10-22)14-17(15)27-18(25)6-5-11-23-19(26)28-20(2,3)4/h7-8,14H,5-6,9-13H2,1-4H3,(H,23,26). The molecule has 0 aromatic heterocycles. The second-order valence-corrected chi connectivity index (χ2v) is 8.91. The predicted octanol–water partition coefficient (Wildman–Crippen LogP) is 4.80. The van der Waals surface area contributed by atoms with E-state index < -0.39 is 11.7 Å². The number of benzene rings is 1. The van der Waals surface area contributed by atoms with Crippen LogP contribution in [0.1, 0.15) is 39.2 Å². The van der Waals surface area contributed by atoms with Gasteiger partial charge in [0.2, 0.25) is 0 Å². The number of halogens is 2. The second kappa shape index (κ2) is 12.3. The van der Waals surface area contributed by atoms with Crippen molar-refractivity contribution in [3.8, 4) is 5.75 Å². The number of amides is 1. The first-order valence-corrected chi connectivity index (χ1v) is 11.6. The molecule has 0 unspecified atom stereocenters. The second-order valence-electron chi connectivity index (χ2n) is 7.32. The minimum Gasteiger partial charge on any atom is -0.444 e. The summed E-state index contributed by atoms with van der Waals surface area (Å²) >= 11 is 6.94. The fraction of sp³-hybridized carbons (Fsp3) is 0.600. The Morgan fingerprint density at radius 3 is 2.36 bits per heavy atom. The number of ether oxygens (including phenoxy) is 2. The average molecular weight is 522 g/mol. The van der Waals surface area contributed by atoms with Gasteiger partial charge in [-0.15, -0.1) is 0 Å². The van der Waals surface area contributed by atoms with Gasteiger partial charge in [0.05, 0.1) is 0 Å². The molecule has 1 amide bonds. The quantitative estimate of drug-likeness (QED) is 0.207. The Balaban J connectivity index is 2.54. The van der Waals surface area contributed by atoms with E-state index in [1.54, 1.807) is 20.8 Å². The summed E-state index contributed by atoms with van der Waals surface area (Å²) in [7, 11) is 0. The Bertz CT molecular complexity index is 642. The van der Waals surface area contributed by atoms with Gasteiger partial charge in [-0.3, -0.25) is 4.79 Å². The van der Waals surface area contributed by atoms with Crippen LogP contribution in [0.4, 0.5) is 10.5 Å². The summed E-state index contributed by atoms with van der Waals surface area (Å²) in [5, 5.41) is 4.35. The van der Waals surface area contributed by atoms with Crippen LogP contribution in [0, 0.1) is 6.92 Å². The molecule has 0 saturated carbocycles. The van der Waals surface area contributed by atoms with Gasteiger partial charge >= 0.3 is 12.1 Å². The molecular formula is C20H30Br2N2O4. The lowest BCUT2D eigenvalue weighted by atomic mass is 10.2. The number of rotatable bonds is 10. The number of carbonyl (C=O) groups is 2. The Kier molecular flexibility index (Phi) is 10.9. The van der Waals surface area contributed by atoms with Crippen LogP contribution < -0.4 is 15.0 Å². The fourth-order valence-electron chi connectivity index (χ4n) is 2.38. The predicted molar refractivity (Wildman–Crippen MR) is 120 cm³/mol. The molecule has 158 valence electrons. The maximum absolute atomic E-state index is 12.2. The minimum absolute atomic E-state index is 0.214. The van der Waals surface area contributed by atoms with Crippen LogP contribution in [0.15, 0.2) is 18.2 Å². The van der Waals surface area contributed by atoms with Crippen molar-refractivity contribution >= 4 is 49.6 Å². The SMILES string of the molecule is Cc1ccc(N(CCBr)CCBr)cc1OC(=O)CCCNC(=O)OC(C)(C)C. The molecule has 0 aliphatic heterocycles. The minimum atomic E-state index is -0.539. The zero-order valence-corrected chi connectivity index (χ0v) is 20.2. The first-order chi connectivity index (χ1) is 13.2. The number of hydrogen-bond donors (Lipinski definition) is 1. The molecule has 0 atom stereocenters. The highest BCUT2D eigenvalue weighted by Crippen LogP contribution is 2.26. The van der Waals surface area contributed by atoms with E-state index in [4.69, 9.17) is 9.47 Å². The van der Waals surface area contributed by atoms with Gasteiger partial charge in [-0.2, -0.15) is 0 Å². The molecule has 8 heteroatoms. The molecule has 1 rings (SSSR count). The average Bonchev–Trinajstić information content (AvgIpc) is 2.59. The topological polar surface area (TPSA) is 67.9 Å². The van der Waals surface area contributed by atoms with Gasteiger partial charge in [0.15, 0.2) is 0 Å². The molecule has 28 heavy (non-hydrogen) atoms. The van der Waals surface area contributed by atoms with E-state index in [2.05, 4.69) is 42.1 Å². The first kappa shape index (κ1) is 24.8. The van der Waals surface area contributed by atoms with Crippen molar-refractivity contribution in [3.05, 3.63) is 23.8 Å². The molecule has 1 aromatic rings. The Hall–Kier alpha value is -1.28. The monoisotopic (exact) mass is 520 g/mol. The largest absolute Gasteiger partial charge is 0.444 e. The molecule has 0 aliphatic rings. The van der Waals surface area contributed by atoms with E-state index in [1.165, 1.54) is 0 Å². The third-order valence-corrected chi connectivity index (χ3v) is 4.40. The number of anilines is 1. The van der Waals surface area contributed by atoms with Crippen LogP contribution in [0.3, 0.4) is 0 Å². The normalized spacial score (nSPS) is 11.1. The van der Waals surface area contributed by atoms with Gasteiger partial charge in [0.25, 0.3) is 0 Å². The molecule has 6 nitrogen and oxygen atoms in total. The highest BCUT2D eigenvalue weighted by Gasteiger charge is 2.16. The summed E-state index contributed by atoms with van der Waals surface area (Å²) in [6.45, 7) is 9.39. The fourth-order valence-corrected chi connectivity index (χ4v) is 3.24. The Morgan fingerprint density at radius 1 is 1.14 bits per heavy atom. The summed E-state index contributed by atoms with van der Waals surface area (Å²) in [5.41, 5.74) is 1.38. The number of nitrogens with zero attached hydrogens (tertiary/aromatic N) is 1. The van der Waals surface area contributed by atoms with Crippen molar-refractivity contribution in [2.45, 2.75) is 46.1 Å². The van der Waals surface area contributed by atoms with Crippen LogP contribution in [0.25, 0.3) is 0 Å². The van der Waals surface area contributed by atoms with Crippen LogP contribution in [-0.4, -0.2) is 48.0 Å². The summed E-state index contributed by atoms with van der Waals surface area (Å²) < 4.78 is 10.7. The molecule has 0 bridgehead atoms. The van der Waals surface area contributed by atoms with Crippen LogP contribution in [0.5, 0.6) is 5.75 Å². The van der Waals surface area contributed by atoms with Gasteiger partial charge in [0, 0.05) is 48.5 Å². The highest BCUT2D eigenvalue weighted by atomic mass is 79.9. The lowest BCUT2D eigenvalue weighted by Gasteiger charge is -2.24.